The summed E-state index contributed by atoms with van der Waals surface area (Å²) >= 11 is 0. The van der Waals surface area contributed by atoms with Crippen molar-refractivity contribution in [3.8, 4) is 11.5 Å². The molecule has 0 radical (unpaired) electrons. The molecule has 1 amide bonds. The van der Waals surface area contributed by atoms with Gasteiger partial charge in [0.2, 0.25) is 11.8 Å². The van der Waals surface area contributed by atoms with Gasteiger partial charge in [-0.1, -0.05) is 36.4 Å². The average molecular weight is 347 g/mol. The van der Waals surface area contributed by atoms with E-state index < -0.39 is 0 Å². The molecule has 2 aromatic carbocycles. The van der Waals surface area contributed by atoms with E-state index >= 15 is 0 Å². The van der Waals surface area contributed by atoms with Crippen molar-refractivity contribution in [1.29, 1.82) is 0 Å². The van der Waals surface area contributed by atoms with E-state index in [1.807, 2.05) is 36.2 Å². The molecule has 0 aliphatic heterocycles. The quantitative estimate of drug-likeness (QED) is 0.725. The van der Waals surface area contributed by atoms with Gasteiger partial charge in [0.1, 0.15) is 0 Å². The van der Waals surface area contributed by atoms with Crippen molar-refractivity contribution in [2.24, 2.45) is 0 Å². The molecule has 0 spiro atoms. The first-order valence-corrected chi connectivity index (χ1v) is 8.87. The van der Waals surface area contributed by atoms with Gasteiger partial charge < -0.3 is 9.32 Å². The van der Waals surface area contributed by atoms with Gasteiger partial charge in [0.25, 0.3) is 5.91 Å². The molecule has 132 valence electrons. The van der Waals surface area contributed by atoms with Crippen LogP contribution in [0.5, 0.6) is 0 Å². The number of rotatable bonds is 3. The van der Waals surface area contributed by atoms with Crippen LogP contribution in [0.15, 0.2) is 52.9 Å². The van der Waals surface area contributed by atoms with Gasteiger partial charge in [-0.15, -0.1) is 10.2 Å². The van der Waals surface area contributed by atoms with Crippen LogP contribution in [0.1, 0.15) is 33.8 Å². The molecule has 0 saturated heterocycles. The molecular formula is C21H21N3O2. The second kappa shape index (κ2) is 6.75. The fourth-order valence-corrected chi connectivity index (χ4v) is 3.63. The highest BCUT2D eigenvalue weighted by Gasteiger charge is 2.27. The molecule has 0 fully saturated rings. The van der Waals surface area contributed by atoms with Crippen molar-refractivity contribution in [2.45, 2.75) is 32.2 Å². The maximum atomic E-state index is 13.2. The predicted octanol–water partition coefficient (Wildman–Crippen LogP) is 3.67. The zero-order valence-electron chi connectivity index (χ0n) is 15.0. The Bertz CT molecular complexity index is 948. The van der Waals surface area contributed by atoms with E-state index in [2.05, 4.69) is 34.5 Å². The van der Waals surface area contributed by atoms with Gasteiger partial charge in [-0.2, -0.15) is 0 Å². The Balaban J connectivity index is 1.61. The monoisotopic (exact) mass is 347 g/mol. The minimum absolute atomic E-state index is 0.0131. The number of benzene rings is 2. The summed E-state index contributed by atoms with van der Waals surface area (Å²) in [5.74, 6) is 0.856. The third kappa shape index (κ3) is 3.01. The lowest BCUT2D eigenvalue weighted by Crippen LogP contribution is -2.40. The van der Waals surface area contributed by atoms with Crippen LogP contribution in [-0.4, -0.2) is 34.1 Å². The highest BCUT2D eigenvalue weighted by Crippen LogP contribution is 2.27. The van der Waals surface area contributed by atoms with E-state index in [1.165, 1.54) is 11.1 Å². The lowest BCUT2D eigenvalue weighted by molar-refractivity contribution is 0.0719. The van der Waals surface area contributed by atoms with Crippen molar-refractivity contribution in [3.05, 3.63) is 71.1 Å². The minimum atomic E-state index is -0.0131. The van der Waals surface area contributed by atoms with Gasteiger partial charge in [-0.3, -0.25) is 4.79 Å². The van der Waals surface area contributed by atoms with Crippen molar-refractivity contribution in [3.63, 3.8) is 0 Å². The van der Waals surface area contributed by atoms with E-state index in [9.17, 15) is 4.79 Å². The highest BCUT2D eigenvalue weighted by atomic mass is 16.4. The summed E-state index contributed by atoms with van der Waals surface area (Å²) in [6, 6.07) is 16.1. The number of hydrogen-bond acceptors (Lipinski definition) is 4. The topological polar surface area (TPSA) is 59.2 Å². The van der Waals surface area contributed by atoms with Gasteiger partial charge in [0, 0.05) is 20.0 Å². The van der Waals surface area contributed by atoms with Gasteiger partial charge in [-0.25, -0.2) is 0 Å². The molecule has 1 unspecified atom stereocenters. The fourth-order valence-electron chi connectivity index (χ4n) is 3.63. The van der Waals surface area contributed by atoms with E-state index in [4.69, 9.17) is 4.42 Å². The molecule has 5 heteroatoms. The van der Waals surface area contributed by atoms with Crippen LogP contribution in [-0.2, 0) is 12.8 Å². The number of fused-ring (bicyclic) bond motifs is 1. The van der Waals surface area contributed by atoms with Gasteiger partial charge >= 0.3 is 0 Å². The Morgan fingerprint density at radius 3 is 2.58 bits per heavy atom. The van der Waals surface area contributed by atoms with Gasteiger partial charge in [-0.05, 0) is 42.5 Å². The molecule has 1 aliphatic rings. The zero-order chi connectivity index (χ0) is 18.1. The number of carbonyl (C=O) groups excluding carboxylic acids is 1. The van der Waals surface area contributed by atoms with E-state index in [0.29, 0.717) is 22.9 Å². The maximum Gasteiger partial charge on any atom is 0.254 e. The van der Waals surface area contributed by atoms with Crippen molar-refractivity contribution >= 4 is 5.91 Å². The lowest BCUT2D eigenvalue weighted by Gasteiger charge is -2.32. The summed E-state index contributed by atoms with van der Waals surface area (Å²) in [7, 11) is 1.89. The molecule has 5 nitrogen and oxygen atoms in total. The van der Waals surface area contributed by atoms with E-state index in [1.54, 1.807) is 6.92 Å². The summed E-state index contributed by atoms with van der Waals surface area (Å²) < 4.78 is 5.54. The predicted molar refractivity (Wildman–Crippen MR) is 98.8 cm³/mol. The highest BCUT2D eigenvalue weighted by molar-refractivity contribution is 6.00. The molecule has 0 N–H and O–H groups in total. The molecule has 3 aromatic rings. The van der Waals surface area contributed by atoms with Gasteiger partial charge in [0.15, 0.2) is 0 Å². The largest absolute Gasteiger partial charge is 0.421 e. The minimum Gasteiger partial charge on any atom is -0.421 e. The van der Waals surface area contributed by atoms with Crippen LogP contribution in [0.3, 0.4) is 0 Å². The van der Waals surface area contributed by atoms with Crippen LogP contribution in [0.2, 0.25) is 0 Å². The Morgan fingerprint density at radius 1 is 1.08 bits per heavy atom. The second-order valence-electron chi connectivity index (χ2n) is 6.75. The maximum absolute atomic E-state index is 13.2. The Morgan fingerprint density at radius 2 is 1.81 bits per heavy atom. The molecule has 1 atom stereocenters. The number of amides is 1. The molecular weight excluding hydrogens is 326 g/mol. The number of nitrogens with zero attached hydrogens (tertiary/aromatic N) is 3. The normalized spacial score (nSPS) is 16.2. The number of hydrogen-bond donors (Lipinski definition) is 0. The number of aromatic nitrogens is 2. The standard InChI is InChI=1S/C21H21N3O2/c1-14-22-23-20(26-14)18-9-5-6-10-19(18)21(25)24(2)17-12-11-15-7-3-4-8-16(15)13-17/h3-10,17H,11-13H2,1-2H3. The molecule has 26 heavy (non-hydrogen) atoms. The number of carbonyl (C=O) groups is 1. The Kier molecular flexibility index (Phi) is 4.29. The second-order valence-corrected chi connectivity index (χ2v) is 6.75. The molecule has 1 aliphatic carbocycles. The van der Waals surface area contributed by atoms with Crippen LogP contribution >= 0.6 is 0 Å². The fraction of sp³-hybridized carbons (Fsp3) is 0.286. The lowest BCUT2D eigenvalue weighted by atomic mass is 9.87. The smallest absolute Gasteiger partial charge is 0.254 e. The van der Waals surface area contributed by atoms with Crippen LogP contribution in [0, 0.1) is 6.92 Å². The van der Waals surface area contributed by atoms with Crippen LogP contribution in [0.25, 0.3) is 11.5 Å². The first-order valence-electron chi connectivity index (χ1n) is 8.87. The first kappa shape index (κ1) is 16.5. The number of likely N-dealkylation sites (N-methyl/N-ethyl adjacent to an activating group) is 1. The summed E-state index contributed by atoms with van der Waals surface area (Å²) in [6.45, 7) is 1.74. The molecule has 1 aromatic heterocycles. The molecule has 0 bridgehead atoms. The van der Waals surface area contributed by atoms with E-state index in [-0.39, 0.29) is 11.9 Å². The summed E-state index contributed by atoms with van der Waals surface area (Å²) in [6.07, 6.45) is 2.87. The van der Waals surface area contributed by atoms with Crippen molar-refractivity contribution in [1.82, 2.24) is 15.1 Å². The van der Waals surface area contributed by atoms with E-state index in [0.717, 1.165) is 19.3 Å². The molecule has 0 saturated carbocycles. The molecule has 4 rings (SSSR count). The van der Waals surface area contributed by atoms with Crippen molar-refractivity contribution in [2.75, 3.05) is 7.05 Å². The Labute approximate surface area is 152 Å². The third-order valence-corrected chi connectivity index (χ3v) is 5.10. The van der Waals surface area contributed by atoms with Crippen LogP contribution < -0.4 is 0 Å². The average Bonchev–Trinajstić information content (AvgIpc) is 3.12. The first-order chi connectivity index (χ1) is 12.6. The van der Waals surface area contributed by atoms with Crippen LogP contribution in [0.4, 0.5) is 0 Å². The third-order valence-electron chi connectivity index (χ3n) is 5.10. The zero-order valence-corrected chi connectivity index (χ0v) is 15.0. The Hall–Kier alpha value is -2.95. The van der Waals surface area contributed by atoms with Crippen molar-refractivity contribution < 1.29 is 9.21 Å². The molecule has 1 heterocycles. The van der Waals surface area contributed by atoms with Gasteiger partial charge in [0.05, 0.1) is 11.1 Å². The summed E-state index contributed by atoms with van der Waals surface area (Å²) in [4.78, 5) is 15.1. The summed E-state index contributed by atoms with van der Waals surface area (Å²) in [5, 5.41) is 7.95. The SMILES string of the molecule is Cc1nnc(-c2ccccc2C(=O)N(C)C2CCc3ccccc3C2)o1. The number of aryl methyl sites for hydroxylation is 2. The summed E-state index contributed by atoms with van der Waals surface area (Å²) in [5.41, 5.74) is 4.01.